The van der Waals surface area contributed by atoms with Crippen molar-refractivity contribution in [1.82, 2.24) is 14.9 Å². The number of nitrogens with zero attached hydrogens (tertiary/aromatic N) is 2. The quantitative estimate of drug-likeness (QED) is 0.877. The zero-order chi connectivity index (χ0) is 13.2. The second-order valence-corrected chi connectivity index (χ2v) is 5.70. The van der Waals surface area contributed by atoms with Crippen LogP contribution in [0.4, 0.5) is 0 Å². The lowest BCUT2D eigenvalue weighted by molar-refractivity contribution is 0.325. The third-order valence-corrected chi connectivity index (χ3v) is 3.72. The average Bonchev–Trinajstić information content (AvgIpc) is 2.67. The number of para-hydroxylation sites is 2. The number of fused-ring (bicyclic) bond motifs is 1. The predicted octanol–water partition coefficient (Wildman–Crippen LogP) is 3.10. The molecule has 18 heavy (non-hydrogen) atoms. The summed E-state index contributed by atoms with van der Waals surface area (Å²) < 4.78 is 2.17. The maximum atomic E-state index is 4.66. The Hall–Kier alpha value is -1.35. The fraction of sp³-hybridized carbons (Fsp3) is 0.533. The van der Waals surface area contributed by atoms with E-state index in [0.29, 0.717) is 5.41 Å². The van der Waals surface area contributed by atoms with E-state index in [1.54, 1.807) is 0 Å². The van der Waals surface area contributed by atoms with Crippen molar-refractivity contribution in [2.24, 2.45) is 12.5 Å². The first-order chi connectivity index (χ1) is 8.53. The van der Waals surface area contributed by atoms with Crippen molar-refractivity contribution in [1.29, 1.82) is 0 Å². The number of nitrogens with one attached hydrogen (secondary N) is 1. The molecule has 0 aliphatic rings. The van der Waals surface area contributed by atoms with Crippen LogP contribution in [0, 0.1) is 5.41 Å². The molecule has 0 atom stereocenters. The van der Waals surface area contributed by atoms with Crippen LogP contribution in [0.15, 0.2) is 24.3 Å². The Morgan fingerprint density at radius 2 is 2.00 bits per heavy atom. The van der Waals surface area contributed by atoms with Gasteiger partial charge in [0, 0.05) is 13.6 Å². The van der Waals surface area contributed by atoms with Crippen LogP contribution < -0.4 is 5.32 Å². The summed E-state index contributed by atoms with van der Waals surface area (Å²) in [5.41, 5.74) is 2.63. The van der Waals surface area contributed by atoms with Crippen LogP contribution in [0.2, 0.25) is 0 Å². The number of aryl methyl sites for hydroxylation is 1. The first kappa shape index (κ1) is 13.1. The lowest BCUT2D eigenvalue weighted by Gasteiger charge is -2.22. The molecule has 0 amide bonds. The molecule has 1 aromatic heterocycles. The Kier molecular flexibility index (Phi) is 3.71. The van der Waals surface area contributed by atoms with Crippen molar-refractivity contribution in [2.75, 3.05) is 6.54 Å². The maximum absolute atomic E-state index is 4.66. The van der Waals surface area contributed by atoms with Gasteiger partial charge < -0.3 is 9.88 Å². The van der Waals surface area contributed by atoms with Gasteiger partial charge in [-0.1, -0.05) is 32.9 Å². The van der Waals surface area contributed by atoms with E-state index < -0.39 is 0 Å². The normalized spacial score (nSPS) is 12.2. The molecule has 0 aliphatic carbocycles. The summed E-state index contributed by atoms with van der Waals surface area (Å²) in [4.78, 5) is 4.66. The van der Waals surface area contributed by atoms with Crippen molar-refractivity contribution in [3.05, 3.63) is 30.1 Å². The molecule has 2 aromatic rings. The van der Waals surface area contributed by atoms with Crippen molar-refractivity contribution >= 4 is 11.0 Å². The standard InChI is InChI=1S/C15H23N3/c1-5-15(2,3)11-16-10-14-17-12-8-6-7-9-13(12)18(14)4/h6-9,16H,5,10-11H2,1-4H3. The molecular weight excluding hydrogens is 222 g/mol. The topological polar surface area (TPSA) is 29.9 Å². The summed E-state index contributed by atoms with van der Waals surface area (Å²) in [6.45, 7) is 8.65. The summed E-state index contributed by atoms with van der Waals surface area (Å²) in [6.07, 6.45) is 1.18. The van der Waals surface area contributed by atoms with Crippen molar-refractivity contribution in [3.8, 4) is 0 Å². The fourth-order valence-corrected chi connectivity index (χ4v) is 1.99. The second-order valence-electron chi connectivity index (χ2n) is 5.70. The summed E-state index contributed by atoms with van der Waals surface area (Å²) in [5.74, 6) is 1.10. The maximum Gasteiger partial charge on any atom is 0.123 e. The Morgan fingerprint density at radius 1 is 1.28 bits per heavy atom. The highest BCUT2D eigenvalue weighted by Gasteiger charge is 2.14. The number of benzene rings is 1. The van der Waals surface area contributed by atoms with Gasteiger partial charge in [-0.05, 0) is 24.0 Å². The van der Waals surface area contributed by atoms with E-state index in [1.165, 1.54) is 11.9 Å². The minimum atomic E-state index is 0.352. The summed E-state index contributed by atoms with van der Waals surface area (Å²) in [6, 6.07) is 8.27. The van der Waals surface area contributed by atoms with E-state index in [2.05, 4.69) is 60.9 Å². The molecule has 0 spiro atoms. The molecule has 3 nitrogen and oxygen atoms in total. The minimum Gasteiger partial charge on any atom is -0.330 e. The molecule has 0 aliphatic heterocycles. The molecule has 0 saturated carbocycles. The molecule has 0 saturated heterocycles. The van der Waals surface area contributed by atoms with Gasteiger partial charge in [0.15, 0.2) is 0 Å². The van der Waals surface area contributed by atoms with Gasteiger partial charge in [-0.15, -0.1) is 0 Å². The van der Waals surface area contributed by atoms with E-state index in [-0.39, 0.29) is 0 Å². The fourth-order valence-electron chi connectivity index (χ4n) is 1.99. The van der Waals surface area contributed by atoms with E-state index >= 15 is 0 Å². The van der Waals surface area contributed by atoms with E-state index in [9.17, 15) is 0 Å². The van der Waals surface area contributed by atoms with Crippen molar-refractivity contribution in [2.45, 2.75) is 33.7 Å². The zero-order valence-corrected chi connectivity index (χ0v) is 11.8. The zero-order valence-electron chi connectivity index (χ0n) is 11.8. The summed E-state index contributed by atoms with van der Waals surface area (Å²) in [5, 5.41) is 3.51. The van der Waals surface area contributed by atoms with Gasteiger partial charge in [-0.25, -0.2) is 4.98 Å². The SMILES string of the molecule is CCC(C)(C)CNCc1nc2ccccc2n1C. The summed E-state index contributed by atoms with van der Waals surface area (Å²) in [7, 11) is 2.08. The predicted molar refractivity (Wildman–Crippen MR) is 76.5 cm³/mol. The number of hydrogen-bond acceptors (Lipinski definition) is 2. The van der Waals surface area contributed by atoms with Crippen LogP contribution in [0.5, 0.6) is 0 Å². The van der Waals surface area contributed by atoms with Gasteiger partial charge >= 0.3 is 0 Å². The third-order valence-electron chi connectivity index (χ3n) is 3.72. The molecule has 0 bridgehead atoms. The number of aromatic nitrogens is 2. The van der Waals surface area contributed by atoms with Gasteiger partial charge in [-0.3, -0.25) is 0 Å². The minimum absolute atomic E-state index is 0.352. The number of rotatable bonds is 5. The lowest BCUT2D eigenvalue weighted by Crippen LogP contribution is -2.29. The van der Waals surface area contributed by atoms with Crippen molar-refractivity contribution < 1.29 is 0 Å². The number of hydrogen-bond donors (Lipinski definition) is 1. The molecule has 1 N–H and O–H groups in total. The Morgan fingerprint density at radius 3 is 2.67 bits per heavy atom. The van der Waals surface area contributed by atoms with Crippen LogP contribution in [-0.2, 0) is 13.6 Å². The second kappa shape index (κ2) is 5.11. The molecule has 98 valence electrons. The monoisotopic (exact) mass is 245 g/mol. The van der Waals surface area contributed by atoms with Crippen LogP contribution in [-0.4, -0.2) is 16.1 Å². The van der Waals surface area contributed by atoms with E-state index in [0.717, 1.165) is 24.4 Å². The van der Waals surface area contributed by atoms with Gasteiger partial charge in [0.1, 0.15) is 5.82 Å². The van der Waals surface area contributed by atoms with Crippen LogP contribution in [0.3, 0.4) is 0 Å². The van der Waals surface area contributed by atoms with E-state index in [4.69, 9.17) is 0 Å². The molecule has 0 radical (unpaired) electrons. The van der Waals surface area contributed by atoms with Gasteiger partial charge in [0.25, 0.3) is 0 Å². The van der Waals surface area contributed by atoms with E-state index in [1.807, 2.05) is 6.07 Å². The molecule has 3 heteroatoms. The van der Waals surface area contributed by atoms with Crippen LogP contribution in [0.1, 0.15) is 33.0 Å². The van der Waals surface area contributed by atoms with Crippen molar-refractivity contribution in [3.63, 3.8) is 0 Å². The number of imidazole rings is 1. The smallest absolute Gasteiger partial charge is 0.123 e. The van der Waals surface area contributed by atoms with Crippen LogP contribution >= 0.6 is 0 Å². The Bertz CT molecular complexity index is 526. The molecule has 2 rings (SSSR count). The Labute approximate surface area is 109 Å². The molecule has 1 aromatic carbocycles. The lowest BCUT2D eigenvalue weighted by atomic mass is 9.90. The Balaban J connectivity index is 2.06. The molecule has 0 unspecified atom stereocenters. The third kappa shape index (κ3) is 2.72. The molecular formula is C15H23N3. The van der Waals surface area contributed by atoms with Crippen LogP contribution in [0.25, 0.3) is 11.0 Å². The molecule has 0 fully saturated rings. The highest BCUT2D eigenvalue weighted by molar-refractivity contribution is 5.75. The highest BCUT2D eigenvalue weighted by atomic mass is 15.1. The molecule has 1 heterocycles. The first-order valence-corrected chi connectivity index (χ1v) is 6.64. The highest BCUT2D eigenvalue weighted by Crippen LogP contribution is 2.18. The van der Waals surface area contributed by atoms with Gasteiger partial charge in [0.2, 0.25) is 0 Å². The largest absolute Gasteiger partial charge is 0.330 e. The first-order valence-electron chi connectivity index (χ1n) is 6.64. The van der Waals surface area contributed by atoms with Gasteiger partial charge in [0.05, 0.1) is 17.6 Å². The average molecular weight is 245 g/mol. The van der Waals surface area contributed by atoms with Gasteiger partial charge in [-0.2, -0.15) is 0 Å². The summed E-state index contributed by atoms with van der Waals surface area (Å²) >= 11 is 0.